The van der Waals surface area contributed by atoms with Gasteiger partial charge in [-0.1, -0.05) is 36.4 Å². The maximum Gasteiger partial charge on any atom is 0.312 e. The largest absolute Gasteiger partial charge is 0.497 e. The first kappa shape index (κ1) is 18.3. The summed E-state index contributed by atoms with van der Waals surface area (Å²) in [5.41, 5.74) is 8.08. The lowest BCUT2D eigenvalue weighted by atomic mass is 9.98. The van der Waals surface area contributed by atoms with Crippen molar-refractivity contribution in [2.24, 2.45) is 5.73 Å². The van der Waals surface area contributed by atoms with Crippen molar-refractivity contribution in [3.8, 4) is 5.75 Å². The van der Waals surface area contributed by atoms with E-state index in [9.17, 15) is 9.59 Å². The maximum atomic E-state index is 12.3. The maximum absolute atomic E-state index is 12.3. The van der Waals surface area contributed by atoms with E-state index in [1.807, 2.05) is 55.5 Å². The first-order chi connectivity index (χ1) is 12.0. The Morgan fingerprint density at radius 3 is 2.40 bits per heavy atom. The second kappa shape index (κ2) is 8.73. The van der Waals surface area contributed by atoms with Crippen molar-refractivity contribution < 1.29 is 14.3 Å². The third-order valence-electron chi connectivity index (χ3n) is 3.92. The molecular weight excluding hydrogens is 318 g/mol. The number of ether oxygens (including phenoxy) is 1. The average molecular weight is 341 g/mol. The standard InChI is InChI=1S/C19H23N3O3/c1-13-5-3-4-6-16(13)17(22-19(20)24)11-18(23)21-12-14-7-9-15(25-2)10-8-14/h3-10,17H,11-12H2,1-2H3,(H,21,23)(H3,20,22,24). The lowest BCUT2D eigenvalue weighted by molar-refractivity contribution is -0.121. The summed E-state index contributed by atoms with van der Waals surface area (Å²) in [6.07, 6.45) is 0.115. The third kappa shape index (κ3) is 5.53. The van der Waals surface area contributed by atoms with Gasteiger partial charge in [0.05, 0.1) is 19.6 Å². The fourth-order valence-electron chi connectivity index (χ4n) is 2.59. The molecule has 0 radical (unpaired) electrons. The molecule has 6 nitrogen and oxygen atoms in total. The summed E-state index contributed by atoms with van der Waals surface area (Å²) >= 11 is 0. The van der Waals surface area contributed by atoms with Crippen molar-refractivity contribution in [3.05, 3.63) is 65.2 Å². The predicted molar refractivity (Wildman–Crippen MR) is 96.1 cm³/mol. The van der Waals surface area contributed by atoms with Gasteiger partial charge < -0.3 is 21.1 Å². The van der Waals surface area contributed by atoms with Crippen LogP contribution in [0.25, 0.3) is 0 Å². The molecule has 4 N–H and O–H groups in total. The number of amides is 3. The van der Waals surface area contributed by atoms with E-state index in [1.54, 1.807) is 7.11 Å². The zero-order valence-electron chi connectivity index (χ0n) is 14.4. The van der Waals surface area contributed by atoms with E-state index in [4.69, 9.17) is 10.5 Å². The second-order valence-electron chi connectivity index (χ2n) is 5.75. The molecular formula is C19H23N3O3. The molecule has 2 aromatic rings. The van der Waals surface area contributed by atoms with Crippen LogP contribution in [0.1, 0.15) is 29.2 Å². The van der Waals surface area contributed by atoms with E-state index in [0.29, 0.717) is 6.54 Å². The summed E-state index contributed by atoms with van der Waals surface area (Å²) in [7, 11) is 1.61. The number of urea groups is 1. The van der Waals surface area contributed by atoms with Gasteiger partial charge in [-0.2, -0.15) is 0 Å². The number of carbonyl (C=O) groups excluding carboxylic acids is 2. The molecule has 132 valence electrons. The molecule has 0 saturated carbocycles. The predicted octanol–water partition coefficient (Wildman–Crippen LogP) is 2.42. The summed E-state index contributed by atoms with van der Waals surface area (Å²) in [5.74, 6) is 0.596. The van der Waals surface area contributed by atoms with Crippen LogP contribution in [0.15, 0.2) is 48.5 Å². The number of nitrogens with one attached hydrogen (secondary N) is 2. The topological polar surface area (TPSA) is 93.4 Å². The van der Waals surface area contributed by atoms with Gasteiger partial charge in [-0.05, 0) is 35.7 Å². The summed E-state index contributed by atoms with van der Waals surface area (Å²) in [6.45, 7) is 2.33. The normalized spacial score (nSPS) is 11.4. The van der Waals surface area contributed by atoms with E-state index in [2.05, 4.69) is 10.6 Å². The fourth-order valence-corrected chi connectivity index (χ4v) is 2.59. The van der Waals surface area contributed by atoms with E-state index in [-0.39, 0.29) is 12.3 Å². The van der Waals surface area contributed by atoms with E-state index in [1.165, 1.54) is 0 Å². The molecule has 0 bridgehead atoms. The number of benzene rings is 2. The van der Waals surface area contributed by atoms with Crippen LogP contribution in [0.5, 0.6) is 5.75 Å². The van der Waals surface area contributed by atoms with Gasteiger partial charge in [0, 0.05) is 6.54 Å². The minimum absolute atomic E-state index is 0.115. The highest BCUT2D eigenvalue weighted by atomic mass is 16.5. The Labute approximate surface area is 147 Å². The molecule has 0 aliphatic rings. The molecule has 0 fully saturated rings. The van der Waals surface area contributed by atoms with Gasteiger partial charge in [-0.15, -0.1) is 0 Å². The molecule has 0 aliphatic carbocycles. The van der Waals surface area contributed by atoms with Crippen molar-refractivity contribution in [1.29, 1.82) is 0 Å². The van der Waals surface area contributed by atoms with Crippen LogP contribution in [0.2, 0.25) is 0 Å². The van der Waals surface area contributed by atoms with Crippen LogP contribution in [-0.4, -0.2) is 19.0 Å². The van der Waals surface area contributed by atoms with Crippen LogP contribution >= 0.6 is 0 Å². The van der Waals surface area contributed by atoms with Gasteiger partial charge in [0.15, 0.2) is 0 Å². The Bertz CT molecular complexity index is 729. The van der Waals surface area contributed by atoms with Gasteiger partial charge in [0.2, 0.25) is 5.91 Å². The first-order valence-corrected chi connectivity index (χ1v) is 8.00. The Morgan fingerprint density at radius 2 is 1.80 bits per heavy atom. The number of rotatable bonds is 7. The lowest BCUT2D eigenvalue weighted by Crippen LogP contribution is -2.36. The molecule has 1 atom stereocenters. The molecule has 2 rings (SSSR count). The smallest absolute Gasteiger partial charge is 0.312 e. The van der Waals surface area contributed by atoms with Gasteiger partial charge in [-0.3, -0.25) is 4.79 Å². The highest BCUT2D eigenvalue weighted by Gasteiger charge is 2.18. The van der Waals surface area contributed by atoms with E-state index < -0.39 is 12.1 Å². The summed E-state index contributed by atoms with van der Waals surface area (Å²) in [5, 5.41) is 5.50. The van der Waals surface area contributed by atoms with Gasteiger partial charge in [0.1, 0.15) is 5.75 Å². The molecule has 0 saturated heterocycles. The van der Waals surface area contributed by atoms with Gasteiger partial charge >= 0.3 is 6.03 Å². The van der Waals surface area contributed by atoms with Crippen molar-refractivity contribution in [2.75, 3.05) is 7.11 Å². The number of aryl methyl sites for hydroxylation is 1. The number of carbonyl (C=O) groups is 2. The van der Waals surface area contributed by atoms with E-state index in [0.717, 1.165) is 22.4 Å². The highest BCUT2D eigenvalue weighted by molar-refractivity contribution is 5.78. The van der Waals surface area contributed by atoms with Crippen LogP contribution in [0, 0.1) is 6.92 Å². The van der Waals surface area contributed by atoms with Crippen molar-refractivity contribution in [1.82, 2.24) is 10.6 Å². The monoisotopic (exact) mass is 341 g/mol. The number of nitrogens with two attached hydrogens (primary N) is 1. The number of hydrogen-bond acceptors (Lipinski definition) is 3. The Balaban J connectivity index is 1.99. The quantitative estimate of drug-likeness (QED) is 0.722. The molecule has 0 spiro atoms. The SMILES string of the molecule is COc1ccc(CNC(=O)CC(NC(N)=O)c2ccccc2C)cc1. The van der Waals surface area contributed by atoms with Crippen molar-refractivity contribution in [2.45, 2.75) is 25.9 Å². The lowest BCUT2D eigenvalue weighted by Gasteiger charge is -2.19. The van der Waals surface area contributed by atoms with Gasteiger partial charge in [-0.25, -0.2) is 4.79 Å². The zero-order chi connectivity index (χ0) is 18.2. The molecule has 0 aromatic heterocycles. The Hall–Kier alpha value is -3.02. The van der Waals surface area contributed by atoms with Crippen LogP contribution in [0.3, 0.4) is 0 Å². The van der Waals surface area contributed by atoms with Crippen molar-refractivity contribution >= 4 is 11.9 Å². The van der Waals surface area contributed by atoms with Gasteiger partial charge in [0.25, 0.3) is 0 Å². The average Bonchev–Trinajstić information content (AvgIpc) is 2.60. The molecule has 1 unspecified atom stereocenters. The second-order valence-corrected chi connectivity index (χ2v) is 5.75. The highest BCUT2D eigenvalue weighted by Crippen LogP contribution is 2.20. The first-order valence-electron chi connectivity index (χ1n) is 8.00. The number of hydrogen-bond donors (Lipinski definition) is 3. The molecule has 3 amide bonds. The van der Waals surface area contributed by atoms with Crippen LogP contribution in [-0.2, 0) is 11.3 Å². The minimum Gasteiger partial charge on any atom is -0.497 e. The third-order valence-corrected chi connectivity index (χ3v) is 3.92. The molecule has 0 aliphatic heterocycles. The summed E-state index contributed by atoms with van der Waals surface area (Å²) < 4.78 is 5.11. The Morgan fingerprint density at radius 1 is 1.12 bits per heavy atom. The summed E-state index contributed by atoms with van der Waals surface area (Å²) in [6, 6.07) is 13.9. The molecule has 25 heavy (non-hydrogen) atoms. The number of methoxy groups -OCH3 is 1. The van der Waals surface area contributed by atoms with Crippen molar-refractivity contribution in [3.63, 3.8) is 0 Å². The van der Waals surface area contributed by atoms with Crippen LogP contribution < -0.4 is 21.1 Å². The zero-order valence-corrected chi connectivity index (χ0v) is 14.4. The Kier molecular flexibility index (Phi) is 6.39. The molecule has 6 heteroatoms. The summed E-state index contributed by atoms with van der Waals surface area (Å²) in [4.78, 5) is 23.6. The van der Waals surface area contributed by atoms with E-state index >= 15 is 0 Å². The minimum atomic E-state index is -0.656. The van der Waals surface area contributed by atoms with Crippen LogP contribution in [0.4, 0.5) is 4.79 Å². The molecule has 0 heterocycles. The fraction of sp³-hybridized carbons (Fsp3) is 0.263. The number of primary amides is 1. The molecule has 2 aromatic carbocycles.